The molecule has 0 aliphatic heterocycles. The van der Waals surface area contributed by atoms with Crippen LogP contribution in [-0.4, -0.2) is 5.84 Å². The highest BCUT2D eigenvalue weighted by Gasteiger charge is 2.04. The Labute approximate surface area is 68.4 Å². The SMILES string of the molecule is N=C(N=NN)c1ccccc1F. The van der Waals surface area contributed by atoms with Crippen molar-refractivity contribution in [2.75, 3.05) is 0 Å². The summed E-state index contributed by atoms with van der Waals surface area (Å²) in [6.07, 6.45) is 0. The van der Waals surface area contributed by atoms with Gasteiger partial charge in [-0.15, -0.1) is 5.11 Å². The highest BCUT2D eigenvalue weighted by Crippen LogP contribution is 2.07. The molecule has 0 unspecified atom stereocenters. The zero-order chi connectivity index (χ0) is 8.97. The Balaban J connectivity index is 3.03. The molecule has 0 bridgehead atoms. The third-order valence-electron chi connectivity index (χ3n) is 1.29. The number of nitrogens with one attached hydrogen (secondary N) is 1. The molecule has 12 heavy (non-hydrogen) atoms. The number of halogens is 1. The summed E-state index contributed by atoms with van der Waals surface area (Å²) in [4.78, 5) is 0. The second-order valence-electron chi connectivity index (χ2n) is 2.04. The summed E-state index contributed by atoms with van der Waals surface area (Å²) >= 11 is 0. The van der Waals surface area contributed by atoms with Crippen molar-refractivity contribution < 1.29 is 4.39 Å². The van der Waals surface area contributed by atoms with Gasteiger partial charge < -0.3 is 5.84 Å². The van der Waals surface area contributed by atoms with E-state index in [1.807, 2.05) is 0 Å². The number of nitrogens with zero attached hydrogens (tertiary/aromatic N) is 2. The average molecular weight is 166 g/mol. The highest BCUT2D eigenvalue weighted by molar-refractivity contribution is 5.96. The Bertz CT molecular complexity index is 321. The van der Waals surface area contributed by atoms with Gasteiger partial charge in [-0.25, -0.2) is 4.39 Å². The Morgan fingerprint density at radius 3 is 2.67 bits per heavy atom. The van der Waals surface area contributed by atoms with E-state index in [1.165, 1.54) is 18.2 Å². The number of amidine groups is 1. The van der Waals surface area contributed by atoms with Gasteiger partial charge in [0.05, 0.1) is 5.56 Å². The van der Waals surface area contributed by atoms with Crippen LogP contribution in [0.25, 0.3) is 0 Å². The molecule has 0 aromatic heterocycles. The van der Waals surface area contributed by atoms with Gasteiger partial charge in [0.1, 0.15) is 5.82 Å². The van der Waals surface area contributed by atoms with Gasteiger partial charge in [0.15, 0.2) is 5.84 Å². The van der Waals surface area contributed by atoms with E-state index in [0.29, 0.717) is 0 Å². The van der Waals surface area contributed by atoms with Gasteiger partial charge in [0.2, 0.25) is 0 Å². The van der Waals surface area contributed by atoms with Gasteiger partial charge in [0.25, 0.3) is 0 Å². The fourth-order valence-electron chi connectivity index (χ4n) is 0.765. The minimum absolute atomic E-state index is 0.0895. The molecular weight excluding hydrogens is 159 g/mol. The van der Waals surface area contributed by atoms with E-state index in [4.69, 9.17) is 11.3 Å². The molecule has 0 radical (unpaired) electrons. The monoisotopic (exact) mass is 166 g/mol. The molecule has 1 rings (SSSR count). The number of rotatable bonds is 1. The number of hydrogen-bond donors (Lipinski definition) is 2. The van der Waals surface area contributed by atoms with Gasteiger partial charge >= 0.3 is 0 Å². The highest BCUT2D eigenvalue weighted by atomic mass is 19.1. The third-order valence-corrected chi connectivity index (χ3v) is 1.29. The molecule has 1 aromatic rings. The first-order valence-electron chi connectivity index (χ1n) is 3.20. The van der Waals surface area contributed by atoms with E-state index in [1.54, 1.807) is 6.07 Å². The second kappa shape index (κ2) is 3.56. The standard InChI is InChI=1S/C7H7FN4/c8-6-4-2-1-3-5(6)7(9)11-12-10/h1-4H,(H3,9,10,11). The van der Waals surface area contributed by atoms with Crippen LogP contribution in [0.5, 0.6) is 0 Å². The van der Waals surface area contributed by atoms with Crippen LogP contribution in [-0.2, 0) is 0 Å². The molecule has 0 aliphatic rings. The molecule has 4 nitrogen and oxygen atoms in total. The lowest BCUT2D eigenvalue weighted by molar-refractivity contribution is 0.624. The summed E-state index contributed by atoms with van der Waals surface area (Å²) in [5.41, 5.74) is 0.0895. The summed E-state index contributed by atoms with van der Waals surface area (Å²) in [6, 6.07) is 5.83. The minimum atomic E-state index is -0.505. The van der Waals surface area contributed by atoms with E-state index >= 15 is 0 Å². The van der Waals surface area contributed by atoms with Crippen molar-refractivity contribution in [1.82, 2.24) is 0 Å². The lowest BCUT2D eigenvalue weighted by Gasteiger charge is -1.96. The molecule has 0 aliphatic carbocycles. The van der Waals surface area contributed by atoms with Crippen LogP contribution in [0.3, 0.4) is 0 Å². The second-order valence-corrected chi connectivity index (χ2v) is 2.04. The predicted octanol–water partition coefficient (Wildman–Crippen LogP) is 1.48. The zero-order valence-corrected chi connectivity index (χ0v) is 6.16. The fraction of sp³-hybridized carbons (Fsp3) is 0. The first-order chi connectivity index (χ1) is 5.75. The maximum atomic E-state index is 12.9. The molecule has 0 saturated heterocycles. The summed E-state index contributed by atoms with van der Waals surface area (Å²) in [7, 11) is 0. The van der Waals surface area contributed by atoms with Crippen molar-refractivity contribution in [2.45, 2.75) is 0 Å². The van der Waals surface area contributed by atoms with Crippen LogP contribution in [0.4, 0.5) is 4.39 Å². The van der Waals surface area contributed by atoms with Crippen molar-refractivity contribution in [3.05, 3.63) is 35.6 Å². The van der Waals surface area contributed by atoms with Crippen molar-refractivity contribution in [2.24, 2.45) is 16.2 Å². The molecular formula is C7H7FN4. The molecule has 0 heterocycles. The van der Waals surface area contributed by atoms with Crippen LogP contribution in [0, 0.1) is 11.2 Å². The summed E-state index contributed by atoms with van der Waals surface area (Å²) in [5, 5.41) is 13.3. The van der Waals surface area contributed by atoms with E-state index < -0.39 is 5.82 Å². The molecule has 0 amide bonds. The van der Waals surface area contributed by atoms with Crippen molar-refractivity contribution in [3.8, 4) is 0 Å². The van der Waals surface area contributed by atoms with Crippen LogP contribution >= 0.6 is 0 Å². The van der Waals surface area contributed by atoms with Gasteiger partial charge in [0, 0.05) is 0 Å². The predicted molar refractivity (Wildman–Crippen MR) is 42.3 cm³/mol. The van der Waals surface area contributed by atoms with E-state index in [0.717, 1.165) is 0 Å². The number of nitrogens with two attached hydrogens (primary N) is 1. The van der Waals surface area contributed by atoms with Crippen LogP contribution in [0.15, 0.2) is 34.6 Å². The molecule has 3 N–H and O–H groups in total. The van der Waals surface area contributed by atoms with E-state index in [-0.39, 0.29) is 11.4 Å². The molecule has 0 atom stereocenters. The van der Waals surface area contributed by atoms with Gasteiger partial charge in [-0.3, -0.25) is 5.41 Å². The molecule has 0 saturated carbocycles. The summed E-state index contributed by atoms with van der Waals surface area (Å²) in [5.74, 6) is 3.93. The largest absolute Gasteiger partial charge is 0.305 e. The molecule has 0 fully saturated rings. The Kier molecular flexibility index (Phi) is 2.47. The van der Waals surface area contributed by atoms with Crippen LogP contribution < -0.4 is 5.84 Å². The summed E-state index contributed by atoms with van der Waals surface area (Å²) < 4.78 is 12.9. The topological polar surface area (TPSA) is 74.6 Å². The number of benzene rings is 1. The smallest absolute Gasteiger partial charge is 0.179 e. The van der Waals surface area contributed by atoms with Gasteiger partial charge in [-0.05, 0) is 12.1 Å². The molecule has 62 valence electrons. The van der Waals surface area contributed by atoms with Gasteiger partial charge in [-0.1, -0.05) is 17.4 Å². The quantitative estimate of drug-likeness (QED) is 0.214. The zero-order valence-electron chi connectivity index (χ0n) is 6.16. The fourth-order valence-corrected chi connectivity index (χ4v) is 0.765. The lowest BCUT2D eigenvalue weighted by Crippen LogP contribution is -1.98. The number of hydrogen-bond acceptors (Lipinski definition) is 2. The minimum Gasteiger partial charge on any atom is -0.305 e. The lowest BCUT2D eigenvalue weighted by atomic mass is 10.2. The molecule has 1 aromatic carbocycles. The average Bonchev–Trinajstić information content (AvgIpc) is 2.05. The maximum Gasteiger partial charge on any atom is 0.179 e. The van der Waals surface area contributed by atoms with E-state index in [9.17, 15) is 4.39 Å². The van der Waals surface area contributed by atoms with Crippen molar-refractivity contribution >= 4 is 5.84 Å². The third kappa shape index (κ3) is 1.63. The normalized spacial score (nSPS) is 10.4. The maximum absolute atomic E-state index is 12.9. The van der Waals surface area contributed by atoms with E-state index in [2.05, 4.69) is 10.3 Å². The molecule has 5 heteroatoms. The Morgan fingerprint density at radius 2 is 2.08 bits per heavy atom. The van der Waals surface area contributed by atoms with Crippen LogP contribution in [0.2, 0.25) is 0 Å². The summed E-state index contributed by atoms with van der Waals surface area (Å²) in [6.45, 7) is 0. The van der Waals surface area contributed by atoms with Gasteiger partial charge in [-0.2, -0.15) is 0 Å². The Hall–Kier alpha value is -1.78. The van der Waals surface area contributed by atoms with Crippen molar-refractivity contribution in [1.29, 1.82) is 5.41 Å². The molecule has 0 spiro atoms. The van der Waals surface area contributed by atoms with Crippen molar-refractivity contribution in [3.63, 3.8) is 0 Å². The van der Waals surface area contributed by atoms with Crippen LogP contribution in [0.1, 0.15) is 5.56 Å². The Morgan fingerprint density at radius 1 is 1.42 bits per heavy atom. The first-order valence-corrected chi connectivity index (χ1v) is 3.20. The first kappa shape index (κ1) is 8.32.